The summed E-state index contributed by atoms with van der Waals surface area (Å²) in [6.07, 6.45) is 1.94. The van der Waals surface area contributed by atoms with Crippen molar-refractivity contribution in [2.75, 3.05) is 45.0 Å². The van der Waals surface area contributed by atoms with E-state index in [9.17, 15) is 14.4 Å². The molecular formula is C26H32N8O6. The molecule has 1 atom stereocenters. The molecule has 40 heavy (non-hydrogen) atoms. The number of amides is 3. The zero-order chi connectivity index (χ0) is 31.1. The average Bonchev–Trinajstić information content (AvgIpc) is 3.70. The van der Waals surface area contributed by atoms with Crippen molar-refractivity contribution < 1.29 is 32.5 Å². The van der Waals surface area contributed by atoms with E-state index in [4.69, 9.17) is 18.1 Å². The molecule has 0 bridgehead atoms. The van der Waals surface area contributed by atoms with Crippen LogP contribution >= 0.6 is 0 Å². The lowest BCUT2D eigenvalue weighted by Gasteiger charge is -2.16. The van der Waals surface area contributed by atoms with Crippen molar-refractivity contribution in [2.45, 2.75) is 32.1 Å². The lowest BCUT2D eigenvalue weighted by molar-refractivity contribution is -0.123. The number of benzene rings is 1. The Bertz CT molecular complexity index is 1480. The molecule has 3 aromatic rings. The van der Waals surface area contributed by atoms with E-state index in [1.807, 2.05) is 12.2 Å². The van der Waals surface area contributed by atoms with Crippen molar-refractivity contribution in [1.82, 2.24) is 31.0 Å². The van der Waals surface area contributed by atoms with Gasteiger partial charge < -0.3 is 35.3 Å². The van der Waals surface area contributed by atoms with Crippen LogP contribution in [0, 0.1) is 5.92 Å². The number of anilines is 3. The lowest BCUT2D eigenvalue weighted by atomic mass is 10.1. The average molecular weight is 556 g/mol. The molecule has 0 saturated heterocycles. The molecule has 2 aromatic heterocycles. The van der Waals surface area contributed by atoms with E-state index < -0.39 is 18.8 Å². The van der Waals surface area contributed by atoms with Crippen molar-refractivity contribution in [3.05, 3.63) is 35.9 Å². The molecule has 1 fully saturated rings. The van der Waals surface area contributed by atoms with Gasteiger partial charge in [-0.2, -0.15) is 4.98 Å². The number of rotatable bonds is 13. The third-order valence-corrected chi connectivity index (χ3v) is 6.12. The normalized spacial score (nSPS) is 14.7. The molecule has 1 unspecified atom stereocenters. The van der Waals surface area contributed by atoms with Gasteiger partial charge >= 0.3 is 0 Å². The van der Waals surface area contributed by atoms with E-state index in [-0.39, 0.29) is 52.4 Å². The first-order chi connectivity index (χ1) is 20.5. The van der Waals surface area contributed by atoms with Crippen molar-refractivity contribution in [2.24, 2.45) is 5.92 Å². The van der Waals surface area contributed by atoms with Crippen molar-refractivity contribution in [1.29, 1.82) is 0 Å². The maximum absolute atomic E-state index is 12.8. The number of nitrogens with one attached hydrogen (secondary N) is 4. The molecule has 0 spiro atoms. The molecule has 212 valence electrons. The number of nitrogens with zero attached hydrogens (tertiary/aromatic N) is 4. The lowest BCUT2D eigenvalue weighted by Crippen LogP contribution is -2.31. The number of aromatic nitrogens is 4. The minimum atomic E-state index is -2.78. The van der Waals surface area contributed by atoms with Gasteiger partial charge in [-0.15, -0.1) is 10.2 Å². The fraction of sp³-hybridized carbons (Fsp3) is 0.423. The van der Waals surface area contributed by atoms with E-state index in [0.29, 0.717) is 30.8 Å². The molecule has 4 rings (SSSR count). The topological polar surface area (TPSA) is 182 Å². The van der Waals surface area contributed by atoms with Crippen molar-refractivity contribution in [3.63, 3.8) is 0 Å². The number of carbonyl (C=O) groups excluding carboxylic acids is 3. The largest absolute Gasteiger partial charge is 0.494 e. The van der Waals surface area contributed by atoms with Gasteiger partial charge in [0.05, 0.1) is 30.7 Å². The smallest absolute Gasteiger partial charge is 0.273 e. The second-order valence-electron chi connectivity index (χ2n) is 8.92. The zero-order valence-electron chi connectivity index (χ0n) is 25.2. The van der Waals surface area contributed by atoms with Crippen molar-refractivity contribution >= 4 is 34.9 Å². The SMILES string of the molecule is [2H]C([2H])([2H])NC(=O)c1nnc(NC(=O)C2CC2)cc1Nc1cccc(-c2noc(C(CC)C(=O)NCCOC)n2)c1OC. The van der Waals surface area contributed by atoms with E-state index in [2.05, 4.69) is 36.3 Å². The summed E-state index contributed by atoms with van der Waals surface area (Å²) in [6.45, 7) is -0.273. The van der Waals surface area contributed by atoms with E-state index in [0.717, 1.165) is 12.8 Å². The summed E-state index contributed by atoms with van der Waals surface area (Å²) in [5.74, 6) is -1.75. The van der Waals surface area contributed by atoms with Crippen LogP contribution in [0.15, 0.2) is 28.8 Å². The quantitative estimate of drug-likeness (QED) is 0.227. The first-order valence-corrected chi connectivity index (χ1v) is 12.6. The standard InChI is InChI=1S/C26H32N8O6/c1-5-15(24(36)28-11-12-38-3)26-31-22(34-40-26)16-7-6-8-17(21(16)39-4)29-18-13-19(30-23(35)14-9-10-14)32-33-20(18)25(37)27-2/h6-8,13-15H,5,9-12H2,1-4H3,(H,27,37)(H,28,36)(H2,29,30,32,35)/i2D3. The highest BCUT2D eigenvalue weighted by atomic mass is 16.5. The Kier molecular flexibility index (Phi) is 7.93. The highest BCUT2D eigenvalue weighted by Crippen LogP contribution is 2.38. The number of carbonyl (C=O) groups is 3. The van der Waals surface area contributed by atoms with Gasteiger partial charge in [-0.25, -0.2) is 0 Å². The summed E-state index contributed by atoms with van der Waals surface area (Å²) < 4.78 is 38.3. The molecule has 14 nitrogen and oxygen atoms in total. The first-order valence-electron chi connectivity index (χ1n) is 14.1. The molecule has 14 heteroatoms. The fourth-order valence-corrected chi connectivity index (χ4v) is 3.88. The molecule has 2 heterocycles. The van der Waals surface area contributed by atoms with Gasteiger partial charge in [-0.1, -0.05) is 18.1 Å². The Balaban J connectivity index is 1.66. The fourth-order valence-electron chi connectivity index (χ4n) is 3.88. The molecule has 4 N–H and O–H groups in total. The molecule has 3 amide bonds. The van der Waals surface area contributed by atoms with Gasteiger partial charge in [0.15, 0.2) is 17.3 Å². The molecular weight excluding hydrogens is 520 g/mol. The second-order valence-corrected chi connectivity index (χ2v) is 8.92. The minimum absolute atomic E-state index is 0.0471. The summed E-state index contributed by atoms with van der Waals surface area (Å²) in [6, 6.07) is 6.34. The number of para-hydroxylation sites is 1. The monoisotopic (exact) mass is 555 g/mol. The molecule has 1 saturated carbocycles. The highest BCUT2D eigenvalue weighted by Gasteiger charge is 2.30. The van der Waals surface area contributed by atoms with Gasteiger partial charge in [-0.05, 0) is 31.4 Å². The Labute approximate surface area is 234 Å². The molecule has 1 aromatic carbocycles. The molecule has 0 aliphatic heterocycles. The van der Waals surface area contributed by atoms with Crippen molar-refractivity contribution in [3.8, 4) is 17.1 Å². The molecule has 1 aliphatic carbocycles. The number of ether oxygens (including phenoxy) is 2. The zero-order valence-corrected chi connectivity index (χ0v) is 22.2. The van der Waals surface area contributed by atoms with Crippen LogP contribution < -0.4 is 26.0 Å². The van der Waals surface area contributed by atoms with Crippen LogP contribution in [0.3, 0.4) is 0 Å². The Morgan fingerprint density at radius 3 is 2.73 bits per heavy atom. The van der Waals surface area contributed by atoms with Crippen LogP contribution in [0.25, 0.3) is 11.4 Å². The number of hydrogen-bond acceptors (Lipinski definition) is 11. The maximum Gasteiger partial charge on any atom is 0.273 e. The van der Waals surface area contributed by atoms with Crippen LogP contribution in [-0.4, -0.2) is 72.4 Å². The third kappa shape index (κ3) is 6.51. The predicted molar refractivity (Wildman–Crippen MR) is 144 cm³/mol. The Morgan fingerprint density at radius 2 is 2.02 bits per heavy atom. The van der Waals surface area contributed by atoms with Gasteiger partial charge in [0.2, 0.25) is 23.5 Å². The van der Waals surface area contributed by atoms with Crippen LogP contribution in [0.1, 0.15) is 52.6 Å². The summed E-state index contributed by atoms with van der Waals surface area (Å²) in [7, 11) is 2.95. The summed E-state index contributed by atoms with van der Waals surface area (Å²) in [5, 5.41) is 22.2. The van der Waals surface area contributed by atoms with Gasteiger partial charge in [0.1, 0.15) is 5.92 Å². The maximum atomic E-state index is 12.8. The van der Waals surface area contributed by atoms with Crippen LogP contribution in [0.5, 0.6) is 5.75 Å². The molecule has 0 radical (unpaired) electrons. The van der Waals surface area contributed by atoms with E-state index >= 15 is 0 Å². The first kappa shape index (κ1) is 24.5. The van der Waals surface area contributed by atoms with Gasteiger partial charge in [0.25, 0.3) is 5.91 Å². The second kappa shape index (κ2) is 13.0. The summed E-state index contributed by atoms with van der Waals surface area (Å²) in [5.41, 5.74) is 0.437. The van der Waals surface area contributed by atoms with Gasteiger partial charge in [-0.3, -0.25) is 14.4 Å². The van der Waals surface area contributed by atoms with Crippen LogP contribution in [0.2, 0.25) is 0 Å². The number of hydrogen-bond donors (Lipinski definition) is 4. The number of methoxy groups -OCH3 is 2. The predicted octanol–water partition coefficient (Wildman–Crippen LogP) is 2.24. The van der Waals surface area contributed by atoms with Crippen LogP contribution in [-0.2, 0) is 14.3 Å². The van der Waals surface area contributed by atoms with Gasteiger partial charge in [0, 0.05) is 36.7 Å². The van der Waals surface area contributed by atoms with E-state index in [1.165, 1.54) is 20.3 Å². The minimum Gasteiger partial charge on any atom is -0.494 e. The van der Waals surface area contributed by atoms with E-state index in [1.54, 1.807) is 18.2 Å². The Hall–Kier alpha value is -4.59. The third-order valence-electron chi connectivity index (χ3n) is 6.12. The molecule has 1 aliphatic rings. The summed E-state index contributed by atoms with van der Waals surface area (Å²) in [4.78, 5) is 42.2. The highest BCUT2D eigenvalue weighted by molar-refractivity contribution is 6.00. The van der Waals surface area contributed by atoms with Crippen LogP contribution in [0.4, 0.5) is 17.2 Å². The summed E-state index contributed by atoms with van der Waals surface area (Å²) >= 11 is 0. The Morgan fingerprint density at radius 1 is 1.20 bits per heavy atom.